The Morgan fingerprint density at radius 3 is 0.714 bits per heavy atom. The van der Waals surface area contributed by atoms with Gasteiger partial charge in [0.15, 0.2) is 0 Å². The number of carbonyl (C=O) groups is 3. The third-order valence-electron chi connectivity index (χ3n) is 3.03. The van der Waals surface area contributed by atoms with Crippen LogP contribution in [0.5, 0.6) is 0 Å². The number of hydrogen-bond donors (Lipinski definition) is 0. The van der Waals surface area contributed by atoms with Gasteiger partial charge in [0.2, 0.25) is 0 Å². The fourth-order valence-corrected chi connectivity index (χ4v) is 1.72. The van der Waals surface area contributed by atoms with Crippen LogP contribution in [-0.4, -0.2) is 17.9 Å². The maximum Gasteiger partial charge on any atom is 3.00 e. The zero-order valence-electron chi connectivity index (χ0n) is 14.5. The van der Waals surface area contributed by atoms with E-state index in [1.807, 2.05) is 0 Å². The normalized spacial score (nSPS) is 8.57. The van der Waals surface area contributed by atoms with Gasteiger partial charge in [0, 0.05) is 0 Å². The number of rotatable bonds is 3. The van der Waals surface area contributed by atoms with Crippen LogP contribution in [0.1, 0.15) is 31.1 Å². The predicted molar refractivity (Wildman–Crippen MR) is 92.3 cm³/mol. The molecule has 0 amide bonds. The van der Waals surface area contributed by atoms with Crippen LogP contribution in [0.2, 0.25) is 0 Å². The second kappa shape index (κ2) is 14.7. The van der Waals surface area contributed by atoms with Crippen molar-refractivity contribution in [2.24, 2.45) is 0 Å². The average Bonchev–Trinajstić information content (AvgIpc) is 2.71. The Morgan fingerprint density at radius 2 is 0.607 bits per heavy atom. The van der Waals surface area contributed by atoms with E-state index in [0.29, 0.717) is 0 Å². The van der Waals surface area contributed by atoms with Gasteiger partial charge in [0.1, 0.15) is 0 Å². The Kier molecular flexibility index (Phi) is 13.5. The van der Waals surface area contributed by atoms with Crippen molar-refractivity contribution in [3.63, 3.8) is 0 Å². The summed E-state index contributed by atoms with van der Waals surface area (Å²) in [4.78, 5) is 30.3. The largest absolute Gasteiger partial charge is 3.00 e. The summed E-state index contributed by atoms with van der Waals surface area (Å²) >= 11 is 0. The Bertz CT molecular complexity index is 734. The quantitative estimate of drug-likeness (QED) is 0.490. The number of benzene rings is 3. The summed E-state index contributed by atoms with van der Waals surface area (Å²) in [5.74, 6) is -3.39. The summed E-state index contributed by atoms with van der Waals surface area (Å²) in [5.41, 5.74) is 0.660. The van der Waals surface area contributed by atoms with E-state index in [1.54, 1.807) is 54.6 Å². The molecule has 0 saturated heterocycles. The van der Waals surface area contributed by atoms with Crippen LogP contribution < -0.4 is 15.3 Å². The molecule has 142 valence electrons. The molecule has 0 N–H and O–H groups in total. The van der Waals surface area contributed by atoms with Crippen LogP contribution in [0.25, 0.3) is 0 Å². The molecule has 0 aliphatic carbocycles. The van der Waals surface area contributed by atoms with Gasteiger partial charge in [-0.05, 0) is 16.7 Å². The van der Waals surface area contributed by atoms with Gasteiger partial charge in [-0.15, -0.1) is 0 Å². The minimum atomic E-state index is -1.13. The summed E-state index contributed by atoms with van der Waals surface area (Å²) < 4.78 is 0. The Morgan fingerprint density at radius 1 is 0.429 bits per heavy atom. The van der Waals surface area contributed by atoms with Crippen LogP contribution in [0.3, 0.4) is 0 Å². The predicted octanol–water partition coefficient (Wildman–Crippen LogP) is 0.150. The molecule has 0 fully saturated rings. The molecule has 0 atom stereocenters. The molecule has 3 aromatic carbocycles. The molecule has 0 heterocycles. The number of carboxylic acid groups (broad SMARTS) is 3. The summed E-state index contributed by atoms with van der Waals surface area (Å²) in [6.07, 6.45) is 0. The molecule has 28 heavy (non-hydrogen) atoms. The first-order chi connectivity index (χ1) is 12.9. The van der Waals surface area contributed by atoms with E-state index in [2.05, 4.69) is 0 Å². The van der Waals surface area contributed by atoms with E-state index in [-0.39, 0.29) is 66.1 Å². The van der Waals surface area contributed by atoms with E-state index in [4.69, 9.17) is 0 Å². The molecule has 0 radical (unpaired) electrons. The molecule has 0 spiro atoms. The third-order valence-corrected chi connectivity index (χ3v) is 3.03. The van der Waals surface area contributed by atoms with Crippen LogP contribution in [-0.2, 0) is 0 Å². The fraction of sp³-hybridized carbons (Fsp3) is 0. The van der Waals surface area contributed by atoms with Crippen molar-refractivity contribution in [3.8, 4) is 0 Å². The molecular formula is C21H15EuO6. The van der Waals surface area contributed by atoms with Gasteiger partial charge >= 0.3 is 49.4 Å². The molecule has 0 saturated carbocycles. The van der Waals surface area contributed by atoms with Gasteiger partial charge in [-0.3, -0.25) is 0 Å². The van der Waals surface area contributed by atoms with Crippen molar-refractivity contribution < 1.29 is 79.1 Å². The first-order valence-electron chi connectivity index (χ1n) is 7.71. The molecule has 6 nitrogen and oxygen atoms in total. The number of carboxylic acids is 3. The summed E-state index contributed by atoms with van der Waals surface area (Å²) in [6, 6.07) is 24.2. The maximum absolute atomic E-state index is 10.1. The fourth-order valence-electron chi connectivity index (χ4n) is 1.72. The minimum Gasteiger partial charge on any atom is -0.545 e. The number of carbonyl (C=O) groups excluding carboxylic acids is 3. The monoisotopic (exact) mass is 516 g/mol. The van der Waals surface area contributed by atoms with E-state index in [1.165, 1.54) is 36.4 Å². The minimum absolute atomic E-state index is 0. The molecule has 0 aliphatic rings. The molecule has 3 rings (SSSR count). The molecule has 0 bridgehead atoms. The van der Waals surface area contributed by atoms with Crippen molar-refractivity contribution in [1.82, 2.24) is 0 Å². The molecule has 3 aromatic rings. The van der Waals surface area contributed by atoms with Gasteiger partial charge in [-0.1, -0.05) is 91.0 Å². The number of hydrogen-bond acceptors (Lipinski definition) is 6. The summed E-state index contributed by atoms with van der Waals surface area (Å²) in [5, 5.41) is 30.3. The molecule has 0 aliphatic heterocycles. The van der Waals surface area contributed by atoms with Crippen molar-refractivity contribution >= 4 is 17.9 Å². The van der Waals surface area contributed by atoms with Gasteiger partial charge in [-0.2, -0.15) is 0 Å². The second-order valence-electron chi connectivity index (χ2n) is 4.96. The molecular weight excluding hydrogens is 500 g/mol. The van der Waals surface area contributed by atoms with Crippen LogP contribution >= 0.6 is 0 Å². The average molecular weight is 515 g/mol. The van der Waals surface area contributed by atoms with E-state index < -0.39 is 17.9 Å². The van der Waals surface area contributed by atoms with Gasteiger partial charge < -0.3 is 29.7 Å². The van der Waals surface area contributed by atoms with Gasteiger partial charge in [-0.25, -0.2) is 0 Å². The second-order valence-corrected chi connectivity index (χ2v) is 4.96. The molecule has 0 unspecified atom stereocenters. The van der Waals surface area contributed by atoms with Crippen LogP contribution in [0.15, 0.2) is 91.0 Å². The first-order valence-corrected chi connectivity index (χ1v) is 7.71. The van der Waals surface area contributed by atoms with E-state index in [0.717, 1.165) is 0 Å². The summed E-state index contributed by atoms with van der Waals surface area (Å²) in [6.45, 7) is 0. The van der Waals surface area contributed by atoms with Crippen LogP contribution in [0, 0.1) is 49.4 Å². The zero-order valence-corrected chi connectivity index (χ0v) is 16.9. The van der Waals surface area contributed by atoms with Crippen molar-refractivity contribution in [2.45, 2.75) is 0 Å². The third kappa shape index (κ3) is 10.7. The standard InChI is InChI=1S/3C7H6O2.Eu/c3*8-7(9)6-4-2-1-3-5-6;/h3*1-5H,(H,8,9);/q;;;+3/p-3. The van der Waals surface area contributed by atoms with E-state index >= 15 is 0 Å². The van der Waals surface area contributed by atoms with Crippen LogP contribution in [0.4, 0.5) is 0 Å². The van der Waals surface area contributed by atoms with Crippen molar-refractivity contribution in [2.75, 3.05) is 0 Å². The molecule has 7 heteroatoms. The number of aromatic carboxylic acids is 3. The topological polar surface area (TPSA) is 120 Å². The van der Waals surface area contributed by atoms with Crippen molar-refractivity contribution in [3.05, 3.63) is 108 Å². The smallest absolute Gasteiger partial charge is 0.545 e. The van der Waals surface area contributed by atoms with E-state index in [9.17, 15) is 29.7 Å². The first kappa shape index (κ1) is 25.7. The Balaban J connectivity index is 0.000000384. The summed E-state index contributed by atoms with van der Waals surface area (Å²) in [7, 11) is 0. The SMILES string of the molecule is O=C([O-])c1ccccc1.O=C([O-])c1ccccc1.O=C([O-])c1ccccc1.[Eu+3]. The Labute approximate surface area is 203 Å². The molecule has 0 aromatic heterocycles. The van der Waals surface area contributed by atoms with Gasteiger partial charge in [0.05, 0.1) is 17.9 Å². The van der Waals surface area contributed by atoms with Crippen molar-refractivity contribution in [1.29, 1.82) is 0 Å². The zero-order chi connectivity index (χ0) is 20.1. The van der Waals surface area contributed by atoms with Gasteiger partial charge in [0.25, 0.3) is 0 Å². The Hall–Kier alpha value is -2.35. The maximum atomic E-state index is 10.1.